The topological polar surface area (TPSA) is 111 Å². The van der Waals surface area contributed by atoms with Crippen LogP contribution < -0.4 is 5.11 Å². The van der Waals surface area contributed by atoms with Gasteiger partial charge in [-0.3, -0.25) is 9.59 Å². The fraction of sp³-hybridized carbons (Fsp3) is 0.490. The number of rotatable bonds is 70. The van der Waals surface area contributed by atoms with E-state index in [4.69, 9.17) is 18.9 Å². The van der Waals surface area contributed by atoms with Crippen LogP contribution in [0.15, 0.2) is 279 Å². The van der Waals surface area contributed by atoms with E-state index in [1.54, 1.807) is 0 Å². The summed E-state index contributed by atoms with van der Waals surface area (Å²) in [5, 5.41) is 11.9. The third-order valence-electron chi connectivity index (χ3n) is 15.7. The first kappa shape index (κ1) is 97.3. The molecule has 105 heavy (non-hydrogen) atoms. The molecule has 0 aromatic rings. The van der Waals surface area contributed by atoms with Crippen LogP contribution in [-0.2, 0) is 33.3 Å². The second-order valence-corrected chi connectivity index (χ2v) is 26.5. The number of carbonyl (C=O) groups is 3. The number of hydrogen-bond donors (Lipinski definition) is 0. The van der Waals surface area contributed by atoms with Gasteiger partial charge < -0.3 is 33.3 Å². The van der Waals surface area contributed by atoms with Crippen molar-refractivity contribution in [2.24, 2.45) is 0 Å². The molecular formula is C96H143NO8. The first-order valence-corrected chi connectivity index (χ1v) is 40.1. The van der Waals surface area contributed by atoms with E-state index in [0.717, 1.165) is 186 Å². The van der Waals surface area contributed by atoms with Gasteiger partial charge in [0.2, 0.25) is 0 Å². The van der Waals surface area contributed by atoms with Crippen LogP contribution in [0.1, 0.15) is 245 Å². The molecule has 0 aromatic carbocycles. The lowest BCUT2D eigenvalue weighted by molar-refractivity contribution is -0.870. The number of unbranched alkanes of at least 4 members (excludes halogenated alkanes) is 9. The predicted octanol–water partition coefficient (Wildman–Crippen LogP) is 25.1. The number of allylic oxidation sites excluding steroid dienone is 46. The summed E-state index contributed by atoms with van der Waals surface area (Å²) in [4.78, 5) is 37.6. The number of ether oxygens (including phenoxy) is 4. The second-order valence-electron chi connectivity index (χ2n) is 26.5. The number of nitrogens with zero attached hydrogens (tertiary/aromatic N) is 1. The molecule has 0 saturated heterocycles. The number of carbonyl (C=O) groups excluding carboxylic acids is 3. The Morgan fingerprint density at radius 3 is 0.781 bits per heavy atom. The molecule has 0 saturated carbocycles. The maximum absolute atomic E-state index is 13.0. The smallest absolute Gasteiger partial charge is 0.306 e. The first-order valence-electron chi connectivity index (χ1n) is 40.1. The first-order chi connectivity index (χ1) is 51.6. The van der Waals surface area contributed by atoms with Gasteiger partial charge in [-0.2, -0.15) is 0 Å². The lowest BCUT2D eigenvalue weighted by Gasteiger charge is -2.26. The van der Waals surface area contributed by atoms with Crippen molar-refractivity contribution in [3.05, 3.63) is 279 Å². The summed E-state index contributed by atoms with van der Waals surface area (Å²) in [5.74, 6) is -2.39. The Hall–Kier alpha value is -7.69. The Bertz CT molecular complexity index is 2790. The van der Waals surface area contributed by atoms with Gasteiger partial charge >= 0.3 is 11.9 Å². The fourth-order valence-corrected chi connectivity index (χ4v) is 9.64. The Morgan fingerprint density at radius 1 is 0.286 bits per heavy atom. The number of aliphatic carboxylic acids is 1. The standard InChI is InChI=1S/C96H143NO8/c1-6-8-10-12-14-16-18-20-22-24-26-28-30-32-34-36-38-40-42-44-46-47-49-50-52-54-56-58-60-62-64-66-68-70-72-74-76-78-80-82-84-86-93(98)103-90-92(91-104-96(95(100)101)102-89-88-97(3,4)5)105-94(99)87-85-83-81-79-77-75-73-71-69-67-65-63-61-59-57-55-53-51-48-45-43-41-39-37-35-33-31-29-27-25-23-21-19-17-15-13-11-9-7-2/h8-11,14-17,20-23,26-29,32-35,38-41,44-46,48-50,53-56,59-62,65-68,71,73,77,79,92,96H,6-7,12-13,18-19,24-25,30-31,36-37,42-43,47,51-52,57-58,63-64,69-70,72,74-76,78,80-91H2,1-5H3/b10-8-,11-9-,16-14-,17-15-,22-20-,23-21-,28-26-,29-27-,34-32-,35-33-,40-38-,41-39-,46-44-,48-45-,50-49-,55-53-,56-54-,61-59-,62-60-,67-65-,68-66-,73-71-,79-77-. The van der Waals surface area contributed by atoms with Crippen LogP contribution in [-0.4, -0.2) is 82.3 Å². The molecule has 0 aromatic heterocycles. The Labute approximate surface area is 641 Å². The average molecular weight is 1440 g/mol. The van der Waals surface area contributed by atoms with E-state index in [-0.39, 0.29) is 32.7 Å². The molecule has 0 fully saturated rings. The monoisotopic (exact) mass is 1440 g/mol. The molecule has 0 spiro atoms. The highest BCUT2D eigenvalue weighted by Crippen LogP contribution is 2.13. The Morgan fingerprint density at radius 2 is 0.514 bits per heavy atom. The summed E-state index contributed by atoms with van der Waals surface area (Å²) in [5.41, 5.74) is 0. The molecule has 9 nitrogen and oxygen atoms in total. The van der Waals surface area contributed by atoms with Gasteiger partial charge in [-0.1, -0.05) is 325 Å². The van der Waals surface area contributed by atoms with Crippen molar-refractivity contribution in [1.82, 2.24) is 0 Å². The minimum Gasteiger partial charge on any atom is -0.545 e. The van der Waals surface area contributed by atoms with Crippen molar-refractivity contribution in [1.29, 1.82) is 0 Å². The van der Waals surface area contributed by atoms with E-state index >= 15 is 0 Å². The summed E-state index contributed by atoms with van der Waals surface area (Å²) in [6.07, 6.45) is 133. The Kier molecular flexibility index (Phi) is 76.0. The zero-order valence-electron chi connectivity index (χ0n) is 66.2. The molecular weight excluding hydrogens is 1300 g/mol. The van der Waals surface area contributed by atoms with E-state index < -0.39 is 30.3 Å². The van der Waals surface area contributed by atoms with E-state index in [2.05, 4.69) is 293 Å². The molecule has 0 aliphatic rings. The van der Waals surface area contributed by atoms with Gasteiger partial charge in [0.25, 0.3) is 0 Å². The summed E-state index contributed by atoms with van der Waals surface area (Å²) >= 11 is 0. The quantitative estimate of drug-likeness (QED) is 0.0195. The molecule has 0 bridgehead atoms. The van der Waals surface area contributed by atoms with Crippen molar-refractivity contribution in [3.63, 3.8) is 0 Å². The number of esters is 2. The molecule has 2 unspecified atom stereocenters. The SMILES string of the molecule is CC/C=C\C/C=C\C/C=C\C/C=C\C/C=C\C/C=C\C/C=C\C/C=C\C/C=C\C/C=C\C/C=C\C/C=C\CCCCC(=O)OC(COC(=O)CCCCCCCCC/C=C\C/C=C\C/C=C\C/C=C\C/C=C\C/C=C\C/C=C\C/C=C\C/C=C\C/C=C\C/C=C\CC)COC(OCC[N+](C)(C)C)C(=O)[O-]. The second kappa shape index (κ2) is 82.0. The van der Waals surface area contributed by atoms with Crippen LogP contribution in [0.25, 0.3) is 0 Å². The lowest BCUT2D eigenvalue weighted by atomic mass is 10.1. The third-order valence-corrected chi connectivity index (χ3v) is 15.7. The number of likely N-dealkylation sites (N-methyl/N-ethyl adjacent to an activating group) is 1. The van der Waals surface area contributed by atoms with Crippen molar-refractivity contribution < 1.29 is 42.9 Å². The fourth-order valence-electron chi connectivity index (χ4n) is 9.64. The molecule has 0 aliphatic carbocycles. The van der Waals surface area contributed by atoms with E-state index in [1.165, 1.54) is 19.3 Å². The van der Waals surface area contributed by atoms with E-state index in [0.29, 0.717) is 23.9 Å². The molecule has 0 rings (SSSR count). The molecule has 0 aliphatic heterocycles. The molecule has 0 N–H and O–H groups in total. The van der Waals surface area contributed by atoms with Gasteiger partial charge in [-0.05, 0) is 186 Å². The van der Waals surface area contributed by atoms with Crippen LogP contribution >= 0.6 is 0 Å². The van der Waals surface area contributed by atoms with Gasteiger partial charge in [-0.25, -0.2) is 0 Å². The molecule has 9 heteroatoms. The van der Waals surface area contributed by atoms with Crippen LogP contribution in [0, 0.1) is 0 Å². The van der Waals surface area contributed by atoms with Crippen LogP contribution in [0.4, 0.5) is 0 Å². The lowest BCUT2D eigenvalue weighted by Crippen LogP contribution is -2.44. The van der Waals surface area contributed by atoms with Crippen molar-refractivity contribution >= 4 is 17.9 Å². The highest BCUT2D eigenvalue weighted by molar-refractivity contribution is 5.70. The van der Waals surface area contributed by atoms with Crippen molar-refractivity contribution in [3.8, 4) is 0 Å². The highest BCUT2D eigenvalue weighted by Gasteiger charge is 2.22. The number of carboxylic acid groups (broad SMARTS) is 1. The van der Waals surface area contributed by atoms with E-state index in [1.807, 2.05) is 21.1 Å². The summed E-state index contributed by atoms with van der Waals surface area (Å²) < 4.78 is 22.7. The number of carboxylic acids is 1. The highest BCUT2D eigenvalue weighted by atomic mass is 16.7. The van der Waals surface area contributed by atoms with Crippen LogP contribution in [0.3, 0.4) is 0 Å². The van der Waals surface area contributed by atoms with E-state index in [9.17, 15) is 19.5 Å². The summed E-state index contributed by atoms with van der Waals surface area (Å²) in [7, 11) is 5.89. The normalized spacial score (nSPS) is 14.2. The van der Waals surface area contributed by atoms with Gasteiger partial charge in [0.15, 0.2) is 12.4 Å². The maximum atomic E-state index is 13.0. The van der Waals surface area contributed by atoms with Gasteiger partial charge in [0.05, 0.1) is 40.3 Å². The molecule has 2 atom stereocenters. The van der Waals surface area contributed by atoms with Crippen molar-refractivity contribution in [2.45, 2.75) is 257 Å². The third kappa shape index (κ3) is 83.5. The van der Waals surface area contributed by atoms with Crippen LogP contribution in [0.2, 0.25) is 0 Å². The molecule has 580 valence electrons. The summed E-state index contributed by atoms with van der Waals surface area (Å²) in [6.45, 7) is 4.41. The van der Waals surface area contributed by atoms with Gasteiger partial charge in [0, 0.05) is 12.8 Å². The number of hydrogen-bond acceptors (Lipinski definition) is 8. The maximum Gasteiger partial charge on any atom is 0.306 e. The van der Waals surface area contributed by atoms with Gasteiger partial charge in [0.1, 0.15) is 13.2 Å². The molecule has 0 radical (unpaired) electrons. The summed E-state index contributed by atoms with van der Waals surface area (Å²) in [6, 6.07) is 0. The largest absolute Gasteiger partial charge is 0.545 e. The molecule has 0 amide bonds. The number of quaternary nitrogens is 1. The average Bonchev–Trinajstić information content (AvgIpc) is 1.97. The van der Waals surface area contributed by atoms with Crippen LogP contribution in [0.5, 0.6) is 0 Å². The predicted molar refractivity (Wildman–Crippen MR) is 452 cm³/mol. The van der Waals surface area contributed by atoms with Crippen molar-refractivity contribution in [2.75, 3.05) is 47.5 Å². The zero-order chi connectivity index (χ0) is 76.0. The molecule has 0 heterocycles. The minimum absolute atomic E-state index is 0.121. The zero-order valence-corrected chi connectivity index (χ0v) is 66.2. The minimum atomic E-state index is -1.66. The Balaban J connectivity index is 4.28. The van der Waals surface area contributed by atoms with Gasteiger partial charge in [-0.15, -0.1) is 0 Å².